The SMILES string of the molecule is CC/C=C\C/C=C\C/C=C\C/C=C\CCCCCCCCCCCCCCCCC(=O)OCC(COC(=O)CCCCCCC/C=C\C/C=C\CCCCCC)OC(=O)CCCCCCCCCCC/C=C\C/C=C\CCCCC. The highest BCUT2D eigenvalue weighted by Crippen LogP contribution is 2.17. The van der Waals surface area contributed by atoms with E-state index in [0.29, 0.717) is 19.3 Å². The molecule has 0 spiro atoms. The Morgan fingerprint density at radius 1 is 0.263 bits per heavy atom. The van der Waals surface area contributed by atoms with Crippen LogP contribution in [0.1, 0.15) is 335 Å². The highest BCUT2D eigenvalue weighted by Gasteiger charge is 2.19. The molecule has 0 aromatic heterocycles. The van der Waals surface area contributed by atoms with Gasteiger partial charge in [-0.05, 0) is 122 Å². The Hall–Kier alpha value is -3.67. The molecule has 0 fully saturated rings. The van der Waals surface area contributed by atoms with Crippen LogP contribution in [0.15, 0.2) is 97.2 Å². The first-order chi connectivity index (χ1) is 39.5. The number of rotatable bonds is 62. The average molecular weight is 1110 g/mol. The second-order valence-corrected chi connectivity index (χ2v) is 22.7. The number of hydrogen-bond donors (Lipinski definition) is 0. The number of esters is 3. The molecule has 0 N–H and O–H groups in total. The number of ether oxygens (including phenoxy) is 3. The van der Waals surface area contributed by atoms with Gasteiger partial charge in [0.05, 0.1) is 0 Å². The van der Waals surface area contributed by atoms with Gasteiger partial charge in [-0.3, -0.25) is 14.4 Å². The molecule has 0 aromatic rings. The van der Waals surface area contributed by atoms with Gasteiger partial charge in [0.2, 0.25) is 0 Å². The minimum Gasteiger partial charge on any atom is -0.462 e. The molecule has 0 aromatic carbocycles. The summed E-state index contributed by atoms with van der Waals surface area (Å²) in [5.74, 6) is -0.887. The highest BCUT2D eigenvalue weighted by molar-refractivity contribution is 5.71. The van der Waals surface area contributed by atoms with Crippen molar-refractivity contribution in [2.45, 2.75) is 341 Å². The zero-order valence-corrected chi connectivity index (χ0v) is 52.8. The van der Waals surface area contributed by atoms with Gasteiger partial charge >= 0.3 is 17.9 Å². The fourth-order valence-electron chi connectivity index (χ4n) is 9.67. The lowest BCUT2D eigenvalue weighted by Gasteiger charge is -2.18. The van der Waals surface area contributed by atoms with Crippen molar-refractivity contribution in [3.8, 4) is 0 Å². The van der Waals surface area contributed by atoms with Crippen LogP contribution in [0.4, 0.5) is 0 Å². The highest BCUT2D eigenvalue weighted by atomic mass is 16.6. The van der Waals surface area contributed by atoms with E-state index in [4.69, 9.17) is 14.2 Å². The van der Waals surface area contributed by atoms with Gasteiger partial charge in [-0.15, -0.1) is 0 Å². The third kappa shape index (κ3) is 65.1. The van der Waals surface area contributed by atoms with E-state index in [9.17, 15) is 14.4 Å². The van der Waals surface area contributed by atoms with Gasteiger partial charge in [0.15, 0.2) is 6.10 Å². The van der Waals surface area contributed by atoms with Crippen LogP contribution < -0.4 is 0 Å². The van der Waals surface area contributed by atoms with Crippen LogP contribution in [0.2, 0.25) is 0 Å². The molecule has 0 radical (unpaired) electrons. The van der Waals surface area contributed by atoms with Gasteiger partial charge in [0.1, 0.15) is 13.2 Å². The minimum absolute atomic E-state index is 0.0822. The Balaban J connectivity index is 4.32. The fraction of sp³-hybridized carbons (Fsp3) is 0.743. The molecule has 1 unspecified atom stereocenters. The third-order valence-electron chi connectivity index (χ3n) is 14.8. The fourth-order valence-corrected chi connectivity index (χ4v) is 9.67. The Morgan fingerprint density at radius 2 is 0.487 bits per heavy atom. The molecule has 0 bridgehead atoms. The summed E-state index contributed by atoms with van der Waals surface area (Å²) >= 11 is 0. The predicted octanol–water partition coefficient (Wildman–Crippen LogP) is 23.6. The summed E-state index contributed by atoms with van der Waals surface area (Å²) in [6.45, 7) is 6.51. The molecule has 0 aliphatic heterocycles. The maximum absolute atomic E-state index is 12.9. The van der Waals surface area contributed by atoms with E-state index in [0.717, 1.165) is 109 Å². The maximum atomic E-state index is 12.9. The Bertz CT molecular complexity index is 1560. The number of carbonyl (C=O) groups excluding carboxylic acids is 3. The first-order valence-corrected chi connectivity index (χ1v) is 34.2. The van der Waals surface area contributed by atoms with Crippen LogP contribution in [-0.2, 0) is 28.6 Å². The first kappa shape index (κ1) is 76.3. The lowest BCUT2D eigenvalue weighted by atomic mass is 10.0. The molecule has 80 heavy (non-hydrogen) atoms. The topological polar surface area (TPSA) is 78.9 Å². The van der Waals surface area contributed by atoms with Crippen molar-refractivity contribution >= 4 is 17.9 Å². The van der Waals surface area contributed by atoms with Gasteiger partial charge < -0.3 is 14.2 Å². The summed E-state index contributed by atoms with van der Waals surface area (Å²) in [5.41, 5.74) is 0. The van der Waals surface area contributed by atoms with E-state index in [1.165, 1.54) is 186 Å². The van der Waals surface area contributed by atoms with Crippen molar-refractivity contribution in [2.24, 2.45) is 0 Å². The molecule has 0 aliphatic carbocycles. The minimum atomic E-state index is -0.788. The zero-order chi connectivity index (χ0) is 57.8. The number of allylic oxidation sites excluding steroid dienone is 16. The Morgan fingerprint density at radius 3 is 0.787 bits per heavy atom. The van der Waals surface area contributed by atoms with Gasteiger partial charge in [-0.1, -0.05) is 291 Å². The molecular weight excluding hydrogens is 985 g/mol. The van der Waals surface area contributed by atoms with Crippen LogP contribution in [0.3, 0.4) is 0 Å². The molecule has 0 saturated carbocycles. The molecule has 6 heteroatoms. The van der Waals surface area contributed by atoms with E-state index in [-0.39, 0.29) is 31.1 Å². The van der Waals surface area contributed by atoms with Crippen molar-refractivity contribution in [3.05, 3.63) is 97.2 Å². The van der Waals surface area contributed by atoms with E-state index >= 15 is 0 Å². The van der Waals surface area contributed by atoms with Crippen molar-refractivity contribution in [3.63, 3.8) is 0 Å². The smallest absolute Gasteiger partial charge is 0.306 e. The van der Waals surface area contributed by atoms with Crippen LogP contribution in [0, 0.1) is 0 Å². The number of carbonyl (C=O) groups is 3. The van der Waals surface area contributed by atoms with E-state index in [1.54, 1.807) is 0 Å². The maximum Gasteiger partial charge on any atom is 0.306 e. The van der Waals surface area contributed by atoms with Crippen LogP contribution in [-0.4, -0.2) is 37.2 Å². The van der Waals surface area contributed by atoms with Crippen LogP contribution >= 0.6 is 0 Å². The lowest BCUT2D eigenvalue weighted by Crippen LogP contribution is -2.30. The van der Waals surface area contributed by atoms with Crippen LogP contribution in [0.25, 0.3) is 0 Å². The molecule has 6 nitrogen and oxygen atoms in total. The van der Waals surface area contributed by atoms with Gasteiger partial charge in [-0.2, -0.15) is 0 Å². The Labute approximate surface area is 496 Å². The number of unbranched alkanes of at least 4 members (excludes halogenated alkanes) is 35. The standard InChI is InChI=1S/C74H128O6/c1-4-7-10-13-16-19-22-25-28-31-33-34-35-36-37-38-39-40-42-43-46-49-52-55-58-61-64-67-73(76)79-70-71(69-78-72(75)66-63-60-57-54-51-48-45-30-27-24-21-18-15-12-9-6-3)80-74(77)68-65-62-59-56-53-50-47-44-41-32-29-26-23-20-17-14-11-8-5-2/h7,10,16-17,19-21,24-26,28-30,33-34,45,71H,4-6,8-9,11-15,18,22-23,27,31-32,35-44,46-70H2,1-3H3/b10-7-,19-16-,20-17-,24-21-,28-25-,29-26-,34-33-,45-30-. The molecule has 0 aliphatic rings. The molecule has 0 heterocycles. The lowest BCUT2D eigenvalue weighted by molar-refractivity contribution is -0.167. The molecule has 0 amide bonds. The number of hydrogen-bond acceptors (Lipinski definition) is 6. The van der Waals surface area contributed by atoms with E-state index in [1.807, 2.05) is 0 Å². The van der Waals surface area contributed by atoms with Crippen molar-refractivity contribution in [2.75, 3.05) is 13.2 Å². The summed E-state index contributed by atoms with van der Waals surface area (Å²) in [4.78, 5) is 38.4. The third-order valence-corrected chi connectivity index (χ3v) is 14.8. The average Bonchev–Trinajstić information content (AvgIpc) is 3.46. The van der Waals surface area contributed by atoms with Crippen LogP contribution in [0.5, 0.6) is 0 Å². The van der Waals surface area contributed by atoms with Crippen molar-refractivity contribution in [1.82, 2.24) is 0 Å². The Kier molecular flexibility index (Phi) is 64.7. The summed E-state index contributed by atoms with van der Waals surface area (Å²) in [5, 5.41) is 0. The summed E-state index contributed by atoms with van der Waals surface area (Å²) < 4.78 is 17.0. The van der Waals surface area contributed by atoms with Gasteiger partial charge in [0, 0.05) is 19.3 Å². The summed E-state index contributed by atoms with van der Waals surface area (Å²) in [6.07, 6.45) is 91.3. The largest absolute Gasteiger partial charge is 0.462 e. The monoisotopic (exact) mass is 1110 g/mol. The van der Waals surface area contributed by atoms with Crippen molar-refractivity contribution < 1.29 is 28.6 Å². The quantitative estimate of drug-likeness (QED) is 0.0261. The second-order valence-electron chi connectivity index (χ2n) is 22.7. The van der Waals surface area contributed by atoms with E-state index in [2.05, 4.69) is 118 Å². The summed E-state index contributed by atoms with van der Waals surface area (Å²) in [6, 6.07) is 0. The predicted molar refractivity (Wildman–Crippen MR) is 348 cm³/mol. The summed E-state index contributed by atoms with van der Waals surface area (Å²) in [7, 11) is 0. The van der Waals surface area contributed by atoms with Gasteiger partial charge in [-0.25, -0.2) is 0 Å². The van der Waals surface area contributed by atoms with Crippen molar-refractivity contribution in [1.29, 1.82) is 0 Å². The molecule has 460 valence electrons. The van der Waals surface area contributed by atoms with E-state index < -0.39 is 6.10 Å². The normalized spacial score (nSPS) is 12.7. The second kappa shape index (κ2) is 67.8. The van der Waals surface area contributed by atoms with Gasteiger partial charge in [0.25, 0.3) is 0 Å². The molecular formula is C74H128O6. The molecule has 0 saturated heterocycles. The molecule has 1 atom stereocenters. The molecule has 0 rings (SSSR count). The zero-order valence-electron chi connectivity index (χ0n) is 52.8. The first-order valence-electron chi connectivity index (χ1n) is 34.2.